The number of carbonyl (C=O) groups is 1. The van der Waals surface area contributed by atoms with Gasteiger partial charge in [-0.25, -0.2) is 4.98 Å². The number of carbonyl (C=O) groups excluding carboxylic acids is 1. The Kier molecular flexibility index (Phi) is 4.03. The number of benzene rings is 1. The Bertz CT molecular complexity index is 952. The van der Waals surface area contributed by atoms with E-state index in [1.54, 1.807) is 12.1 Å². The molecule has 26 heavy (non-hydrogen) atoms. The second kappa shape index (κ2) is 5.91. The van der Waals surface area contributed by atoms with E-state index in [9.17, 15) is 9.59 Å². The first kappa shape index (κ1) is 17.7. The van der Waals surface area contributed by atoms with E-state index in [1.807, 2.05) is 6.07 Å². The Labute approximate surface area is 161 Å². The summed E-state index contributed by atoms with van der Waals surface area (Å²) in [6.45, 7) is 6.96. The van der Waals surface area contributed by atoms with Crippen molar-refractivity contribution in [3.8, 4) is 0 Å². The summed E-state index contributed by atoms with van der Waals surface area (Å²) in [7, 11) is 0. The number of nitrogens with one attached hydrogen (secondary N) is 1. The van der Waals surface area contributed by atoms with E-state index in [4.69, 9.17) is 0 Å². The Hall–Kier alpha value is -1.69. The van der Waals surface area contributed by atoms with Gasteiger partial charge in [0.25, 0.3) is 5.56 Å². The van der Waals surface area contributed by atoms with Gasteiger partial charge in [0.1, 0.15) is 6.54 Å². The number of aromatic nitrogens is 2. The molecular weight excluding hydrogens is 394 g/mol. The summed E-state index contributed by atoms with van der Waals surface area (Å²) >= 11 is 3.38. The van der Waals surface area contributed by atoms with E-state index in [2.05, 4.69) is 47.0 Å². The highest BCUT2D eigenvalue weighted by atomic mass is 79.9. The molecule has 2 fully saturated rings. The summed E-state index contributed by atoms with van der Waals surface area (Å²) in [6.07, 6.45) is 4.90. The molecule has 0 unspecified atom stereocenters. The third-order valence-electron chi connectivity index (χ3n) is 7.23. The Morgan fingerprint density at radius 2 is 2.15 bits per heavy atom. The first-order valence-electron chi connectivity index (χ1n) is 9.16. The molecular formula is C20H24BrN3O2. The maximum absolute atomic E-state index is 12.7. The number of hydrogen-bond donors (Lipinski definition) is 1. The maximum atomic E-state index is 12.7. The average Bonchev–Trinajstić information content (AvgIpc) is 2.91. The average molecular weight is 418 g/mol. The molecule has 5 nitrogen and oxygen atoms in total. The van der Waals surface area contributed by atoms with Gasteiger partial charge >= 0.3 is 0 Å². The topological polar surface area (TPSA) is 64.0 Å². The van der Waals surface area contributed by atoms with Crippen LogP contribution in [-0.2, 0) is 11.3 Å². The third-order valence-corrected chi connectivity index (χ3v) is 7.72. The number of nitrogens with zero attached hydrogens (tertiary/aromatic N) is 2. The predicted octanol–water partition coefficient (Wildman–Crippen LogP) is 3.49. The number of amides is 1. The summed E-state index contributed by atoms with van der Waals surface area (Å²) < 4.78 is 2.22. The predicted molar refractivity (Wildman–Crippen MR) is 105 cm³/mol. The van der Waals surface area contributed by atoms with Crippen LogP contribution in [0.1, 0.15) is 40.0 Å². The molecule has 0 saturated heterocycles. The molecule has 1 N–H and O–H groups in total. The van der Waals surface area contributed by atoms with Gasteiger partial charge in [-0.15, -0.1) is 0 Å². The molecule has 2 aliphatic rings. The molecule has 138 valence electrons. The van der Waals surface area contributed by atoms with Gasteiger partial charge in [-0.05, 0) is 54.2 Å². The van der Waals surface area contributed by atoms with Crippen molar-refractivity contribution in [2.24, 2.45) is 16.7 Å². The molecule has 0 spiro atoms. The van der Waals surface area contributed by atoms with Crippen molar-refractivity contribution in [2.45, 2.75) is 52.6 Å². The fraction of sp³-hybridized carbons (Fsp3) is 0.550. The minimum absolute atomic E-state index is 0.00591. The number of rotatable bonds is 3. The highest BCUT2D eigenvalue weighted by Crippen LogP contribution is 2.65. The second-order valence-corrected chi connectivity index (χ2v) is 9.49. The summed E-state index contributed by atoms with van der Waals surface area (Å²) in [5.41, 5.74) is 0.826. The van der Waals surface area contributed by atoms with Gasteiger partial charge in [0, 0.05) is 10.5 Å². The first-order valence-corrected chi connectivity index (χ1v) is 9.96. The fourth-order valence-corrected chi connectivity index (χ4v) is 5.42. The van der Waals surface area contributed by atoms with Crippen molar-refractivity contribution in [3.63, 3.8) is 0 Å². The number of hydrogen-bond acceptors (Lipinski definition) is 3. The van der Waals surface area contributed by atoms with E-state index >= 15 is 0 Å². The Balaban J connectivity index is 1.54. The zero-order valence-electron chi connectivity index (χ0n) is 15.4. The van der Waals surface area contributed by atoms with Gasteiger partial charge in [0.15, 0.2) is 0 Å². The van der Waals surface area contributed by atoms with Crippen LogP contribution in [0, 0.1) is 16.7 Å². The van der Waals surface area contributed by atoms with Gasteiger partial charge in [-0.3, -0.25) is 14.2 Å². The highest BCUT2D eigenvalue weighted by Gasteiger charge is 2.61. The van der Waals surface area contributed by atoms with Gasteiger partial charge in [0.05, 0.1) is 17.2 Å². The van der Waals surface area contributed by atoms with Crippen molar-refractivity contribution < 1.29 is 4.79 Å². The van der Waals surface area contributed by atoms with Crippen LogP contribution in [0.3, 0.4) is 0 Å². The van der Waals surface area contributed by atoms with Crippen LogP contribution < -0.4 is 10.9 Å². The summed E-state index contributed by atoms with van der Waals surface area (Å²) in [4.78, 5) is 29.6. The largest absolute Gasteiger partial charge is 0.351 e. The Morgan fingerprint density at radius 3 is 2.81 bits per heavy atom. The van der Waals surface area contributed by atoms with Crippen LogP contribution in [-0.4, -0.2) is 21.5 Å². The van der Waals surface area contributed by atoms with Crippen LogP contribution in [0.2, 0.25) is 0 Å². The molecule has 1 amide bonds. The van der Waals surface area contributed by atoms with E-state index < -0.39 is 0 Å². The van der Waals surface area contributed by atoms with Crippen LogP contribution in [0.15, 0.2) is 33.8 Å². The smallest absolute Gasteiger partial charge is 0.261 e. The standard InChI is InChI=1S/C20H24BrN3O2/c1-19(2)12-6-7-20(19,3)16(8-12)23-17(25)10-24-11-22-15-5-4-13(21)9-14(15)18(24)26/h4-5,9,11-12,16H,6-8,10H2,1-3H3,(H,23,25)/t12-,16-,20-/m0/s1. The molecule has 3 atom stereocenters. The lowest BCUT2D eigenvalue weighted by Crippen LogP contribution is -2.48. The molecule has 6 heteroatoms. The number of halogens is 1. The molecule has 2 bridgehead atoms. The molecule has 0 aliphatic heterocycles. The second-order valence-electron chi connectivity index (χ2n) is 8.57. The molecule has 1 aromatic heterocycles. The van der Waals surface area contributed by atoms with Gasteiger partial charge in [0.2, 0.25) is 5.91 Å². The minimum atomic E-state index is -0.189. The molecule has 2 aromatic rings. The van der Waals surface area contributed by atoms with E-state index in [-0.39, 0.29) is 34.9 Å². The van der Waals surface area contributed by atoms with Crippen molar-refractivity contribution in [1.82, 2.24) is 14.9 Å². The number of fused-ring (bicyclic) bond motifs is 3. The fourth-order valence-electron chi connectivity index (χ4n) is 5.06. The molecule has 2 aliphatic carbocycles. The Morgan fingerprint density at radius 1 is 1.38 bits per heavy atom. The van der Waals surface area contributed by atoms with Crippen molar-refractivity contribution in [3.05, 3.63) is 39.4 Å². The van der Waals surface area contributed by atoms with Crippen molar-refractivity contribution >= 4 is 32.7 Å². The van der Waals surface area contributed by atoms with Crippen molar-refractivity contribution in [2.75, 3.05) is 0 Å². The zero-order valence-corrected chi connectivity index (χ0v) is 17.0. The third kappa shape index (κ3) is 2.53. The molecule has 0 radical (unpaired) electrons. The van der Waals surface area contributed by atoms with Crippen LogP contribution in [0.25, 0.3) is 10.9 Å². The normalized spacial score (nSPS) is 29.2. The molecule has 1 aromatic carbocycles. The minimum Gasteiger partial charge on any atom is -0.351 e. The summed E-state index contributed by atoms with van der Waals surface area (Å²) in [5.74, 6) is 0.554. The summed E-state index contributed by atoms with van der Waals surface area (Å²) in [6, 6.07) is 5.58. The van der Waals surface area contributed by atoms with Crippen LogP contribution in [0.5, 0.6) is 0 Å². The van der Waals surface area contributed by atoms with Crippen LogP contribution in [0.4, 0.5) is 0 Å². The van der Waals surface area contributed by atoms with E-state index in [0.29, 0.717) is 16.8 Å². The van der Waals surface area contributed by atoms with E-state index in [1.165, 1.54) is 17.3 Å². The van der Waals surface area contributed by atoms with E-state index in [0.717, 1.165) is 17.3 Å². The lowest BCUT2D eigenvalue weighted by Gasteiger charge is -2.39. The lowest BCUT2D eigenvalue weighted by molar-refractivity contribution is -0.123. The maximum Gasteiger partial charge on any atom is 0.261 e. The van der Waals surface area contributed by atoms with Gasteiger partial charge in [-0.2, -0.15) is 0 Å². The molecule has 2 saturated carbocycles. The molecule has 1 heterocycles. The summed E-state index contributed by atoms with van der Waals surface area (Å²) in [5, 5.41) is 3.72. The van der Waals surface area contributed by atoms with Crippen molar-refractivity contribution in [1.29, 1.82) is 0 Å². The first-order chi connectivity index (χ1) is 12.2. The lowest BCUT2D eigenvalue weighted by atomic mass is 9.69. The highest BCUT2D eigenvalue weighted by molar-refractivity contribution is 9.10. The van der Waals surface area contributed by atoms with Gasteiger partial charge in [-0.1, -0.05) is 36.7 Å². The zero-order chi connectivity index (χ0) is 18.7. The SMILES string of the molecule is CC1(C)[C@H]2CC[C@@]1(C)[C@@H](NC(=O)Cn1cnc3ccc(Br)cc3c1=O)C2. The molecule has 4 rings (SSSR count). The van der Waals surface area contributed by atoms with Crippen LogP contribution >= 0.6 is 15.9 Å². The monoisotopic (exact) mass is 417 g/mol. The quantitative estimate of drug-likeness (QED) is 0.830. The van der Waals surface area contributed by atoms with Gasteiger partial charge < -0.3 is 5.32 Å².